The highest BCUT2D eigenvalue weighted by Gasteiger charge is 2.34. The van der Waals surface area contributed by atoms with Crippen molar-refractivity contribution in [2.75, 3.05) is 39.9 Å². The summed E-state index contributed by atoms with van der Waals surface area (Å²) in [4.78, 5) is 5.99. The first-order valence-corrected chi connectivity index (χ1v) is 9.98. The lowest BCUT2D eigenvalue weighted by atomic mass is 10.2. The van der Waals surface area contributed by atoms with Crippen LogP contribution in [0.1, 0.15) is 32.3 Å². The molecule has 6 nitrogen and oxygen atoms in total. The van der Waals surface area contributed by atoms with Gasteiger partial charge in [0, 0.05) is 25.7 Å². The summed E-state index contributed by atoms with van der Waals surface area (Å²) in [6.45, 7) is 5.59. The van der Waals surface area contributed by atoms with Gasteiger partial charge >= 0.3 is 6.18 Å². The molecular formula is C20H31F3N4O2. The van der Waals surface area contributed by atoms with E-state index in [0.717, 1.165) is 12.0 Å². The molecule has 0 saturated carbocycles. The first-order chi connectivity index (χ1) is 13.8. The third-order valence-corrected chi connectivity index (χ3v) is 4.47. The average Bonchev–Trinajstić information content (AvgIpc) is 3.09. The first kappa shape index (κ1) is 23.1. The standard InChI is InChI=1S/C20H31F3N4O2/c1-4-10-29-17-7-6-15(11-18(17)28-3)12-25-19(24-5-2)26-16-8-9-27(13-16)14-20(21,22)23/h6-7,11,16H,4-5,8-10,12-14H2,1-3H3,(H2,24,25,26). The Labute approximate surface area is 170 Å². The van der Waals surface area contributed by atoms with Crippen molar-refractivity contribution < 1.29 is 22.6 Å². The van der Waals surface area contributed by atoms with E-state index in [2.05, 4.69) is 15.6 Å². The third-order valence-electron chi connectivity index (χ3n) is 4.47. The molecular weight excluding hydrogens is 385 g/mol. The van der Waals surface area contributed by atoms with Gasteiger partial charge in [-0.1, -0.05) is 13.0 Å². The molecule has 2 rings (SSSR count). The quantitative estimate of drug-likeness (QED) is 0.478. The number of guanidine groups is 1. The van der Waals surface area contributed by atoms with E-state index in [0.29, 0.717) is 56.7 Å². The van der Waals surface area contributed by atoms with Gasteiger partial charge in [0.15, 0.2) is 17.5 Å². The van der Waals surface area contributed by atoms with E-state index < -0.39 is 12.7 Å². The van der Waals surface area contributed by atoms with Crippen molar-refractivity contribution in [3.05, 3.63) is 23.8 Å². The Morgan fingerprint density at radius 3 is 2.72 bits per heavy atom. The van der Waals surface area contributed by atoms with Gasteiger partial charge in [0.1, 0.15) is 0 Å². The van der Waals surface area contributed by atoms with Crippen molar-refractivity contribution in [1.29, 1.82) is 0 Å². The van der Waals surface area contributed by atoms with Gasteiger partial charge in [0.2, 0.25) is 0 Å². The van der Waals surface area contributed by atoms with Crippen LogP contribution in [-0.2, 0) is 6.54 Å². The Bertz CT molecular complexity index is 668. The lowest BCUT2D eigenvalue weighted by molar-refractivity contribution is -0.143. The maximum Gasteiger partial charge on any atom is 0.401 e. The topological polar surface area (TPSA) is 58.1 Å². The van der Waals surface area contributed by atoms with Crippen LogP contribution < -0.4 is 20.1 Å². The van der Waals surface area contributed by atoms with Crippen molar-refractivity contribution in [2.45, 2.75) is 45.5 Å². The molecule has 1 saturated heterocycles. The molecule has 0 bridgehead atoms. The normalized spacial score (nSPS) is 18.0. The molecule has 1 aliphatic rings. The summed E-state index contributed by atoms with van der Waals surface area (Å²) in [6, 6.07) is 5.63. The van der Waals surface area contributed by atoms with Gasteiger partial charge in [-0.15, -0.1) is 0 Å². The summed E-state index contributed by atoms with van der Waals surface area (Å²) < 4.78 is 48.8. The highest BCUT2D eigenvalue weighted by atomic mass is 19.4. The molecule has 1 aromatic rings. The van der Waals surface area contributed by atoms with Gasteiger partial charge in [0.05, 0.1) is 26.8 Å². The summed E-state index contributed by atoms with van der Waals surface area (Å²) in [5.41, 5.74) is 0.952. The van der Waals surface area contributed by atoms with Crippen LogP contribution in [0.2, 0.25) is 0 Å². The zero-order chi connectivity index (χ0) is 21.3. The fourth-order valence-corrected chi connectivity index (χ4v) is 3.17. The molecule has 164 valence electrons. The van der Waals surface area contributed by atoms with Gasteiger partial charge in [-0.3, -0.25) is 4.90 Å². The molecule has 1 unspecified atom stereocenters. The summed E-state index contributed by atoms with van der Waals surface area (Å²) >= 11 is 0. The van der Waals surface area contributed by atoms with Crippen molar-refractivity contribution in [1.82, 2.24) is 15.5 Å². The van der Waals surface area contributed by atoms with Gasteiger partial charge in [0.25, 0.3) is 0 Å². The van der Waals surface area contributed by atoms with E-state index in [4.69, 9.17) is 9.47 Å². The van der Waals surface area contributed by atoms with E-state index in [1.54, 1.807) is 7.11 Å². The monoisotopic (exact) mass is 416 g/mol. The molecule has 1 aromatic carbocycles. The highest BCUT2D eigenvalue weighted by molar-refractivity contribution is 5.80. The molecule has 9 heteroatoms. The zero-order valence-electron chi connectivity index (χ0n) is 17.3. The minimum absolute atomic E-state index is 0.0606. The van der Waals surface area contributed by atoms with E-state index >= 15 is 0 Å². The number of alkyl halides is 3. The molecule has 1 heterocycles. The fraction of sp³-hybridized carbons (Fsp3) is 0.650. The molecule has 0 aliphatic carbocycles. The van der Waals surface area contributed by atoms with Crippen LogP contribution >= 0.6 is 0 Å². The van der Waals surface area contributed by atoms with Crippen LogP contribution in [0.15, 0.2) is 23.2 Å². The zero-order valence-corrected chi connectivity index (χ0v) is 17.3. The number of nitrogens with zero attached hydrogens (tertiary/aromatic N) is 2. The van der Waals surface area contributed by atoms with E-state index in [1.165, 1.54) is 4.90 Å². The summed E-state index contributed by atoms with van der Waals surface area (Å²) in [5, 5.41) is 6.40. The van der Waals surface area contributed by atoms with Crippen LogP contribution in [0.5, 0.6) is 11.5 Å². The third kappa shape index (κ3) is 8.00. The lowest BCUT2D eigenvalue weighted by Gasteiger charge is -2.19. The van der Waals surface area contributed by atoms with Crippen molar-refractivity contribution in [3.8, 4) is 11.5 Å². The second kappa shape index (κ2) is 11.1. The van der Waals surface area contributed by atoms with Gasteiger partial charge in [-0.25, -0.2) is 4.99 Å². The smallest absolute Gasteiger partial charge is 0.401 e. The maximum atomic E-state index is 12.6. The van der Waals surface area contributed by atoms with Gasteiger partial charge in [-0.05, 0) is 37.5 Å². The summed E-state index contributed by atoms with van der Waals surface area (Å²) in [5.74, 6) is 1.95. The Kier molecular flexibility index (Phi) is 8.88. The van der Waals surface area contributed by atoms with E-state index in [-0.39, 0.29) is 6.04 Å². The number of hydrogen-bond donors (Lipinski definition) is 2. The van der Waals surface area contributed by atoms with Crippen LogP contribution in [0.25, 0.3) is 0 Å². The number of likely N-dealkylation sites (tertiary alicyclic amines) is 1. The average molecular weight is 416 g/mol. The molecule has 0 aromatic heterocycles. The summed E-state index contributed by atoms with van der Waals surface area (Å²) in [7, 11) is 1.60. The molecule has 1 fully saturated rings. The number of aliphatic imine (C=N–C) groups is 1. The molecule has 1 aliphatic heterocycles. The predicted octanol–water partition coefficient (Wildman–Crippen LogP) is 3.18. The Morgan fingerprint density at radius 2 is 2.07 bits per heavy atom. The second-order valence-electron chi connectivity index (χ2n) is 7.01. The van der Waals surface area contributed by atoms with Crippen LogP contribution in [-0.4, -0.2) is 63.0 Å². The number of halogens is 3. The van der Waals surface area contributed by atoms with E-state index in [9.17, 15) is 13.2 Å². The first-order valence-electron chi connectivity index (χ1n) is 9.98. The maximum absolute atomic E-state index is 12.6. The van der Waals surface area contributed by atoms with Crippen LogP contribution in [0, 0.1) is 0 Å². The lowest BCUT2D eigenvalue weighted by Crippen LogP contribution is -2.45. The van der Waals surface area contributed by atoms with Crippen LogP contribution in [0.4, 0.5) is 13.2 Å². The molecule has 2 N–H and O–H groups in total. The number of benzene rings is 1. The van der Waals surface area contributed by atoms with E-state index in [1.807, 2.05) is 32.0 Å². The largest absolute Gasteiger partial charge is 0.493 e. The Morgan fingerprint density at radius 1 is 1.28 bits per heavy atom. The van der Waals surface area contributed by atoms with Gasteiger partial charge in [-0.2, -0.15) is 13.2 Å². The molecule has 1 atom stereocenters. The fourth-order valence-electron chi connectivity index (χ4n) is 3.17. The minimum Gasteiger partial charge on any atom is -0.493 e. The molecule has 0 radical (unpaired) electrons. The Balaban J connectivity index is 1.97. The van der Waals surface area contributed by atoms with Crippen molar-refractivity contribution >= 4 is 5.96 Å². The minimum atomic E-state index is -4.17. The Hall–Kier alpha value is -2.16. The number of methoxy groups -OCH3 is 1. The molecule has 0 spiro atoms. The van der Waals surface area contributed by atoms with Crippen molar-refractivity contribution in [3.63, 3.8) is 0 Å². The second-order valence-corrected chi connectivity index (χ2v) is 7.01. The van der Waals surface area contributed by atoms with Crippen LogP contribution in [0.3, 0.4) is 0 Å². The molecule has 0 amide bonds. The van der Waals surface area contributed by atoms with Crippen molar-refractivity contribution in [2.24, 2.45) is 4.99 Å². The summed E-state index contributed by atoms with van der Waals surface area (Å²) in [6.07, 6.45) is -2.61. The van der Waals surface area contributed by atoms with Gasteiger partial charge < -0.3 is 20.1 Å². The number of nitrogens with one attached hydrogen (secondary N) is 2. The number of ether oxygens (including phenoxy) is 2. The number of hydrogen-bond acceptors (Lipinski definition) is 4. The molecule has 29 heavy (non-hydrogen) atoms. The predicted molar refractivity (Wildman–Crippen MR) is 108 cm³/mol. The highest BCUT2D eigenvalue weighted by Crippen LogP contribution is 2.28. The number of rotatable bonds is 9. The SMILES string of the molecule is CCCOc1ccc(CN=C(NCC)NC2CCN(CC(F)(F)F)C2)cc1OC.